The van der Waals surface area contributed by atoms with Crippen molar-refractivity contribution >= 4 is 5.91 Å². The fourth-order valence-electron chi connectivity index (χ4n) is 5.00. The molecule has 1 aliphatic rings. The lowest BCUT2D eigenvalue weighted by Gasteiger charge is -2.34. The lowest BCUT2D eigenvalue weighted by Crippen LogP contribution is -2.49. The number of piperazine rings is 1. The number of hydrogen-bond donors (Lipinski definition) is 1. The Hall–Kier alpha value is -3.56. The van der Waals surface area contributed by atoms with E-state index >= 15 is 0 Å². The van der Waals surface area contributed by atoms with Crippen molar-refractivity contribution in [1.29, 1.82) is 0 Å². The molecule has 4 rings (SSSR count). The number of nitrogens with one attached hydrogen (secondary N) is 1. The van der Waals surface area contributed by atoms with Crippen LogP contribution in [0.15, 0.2) is 48.5 Å². The smallest absolute Gasteiger partial charge is 0.234 e. The number of carbonyl (C=O) groups is 1. The lowest BCUT2D eigenvalue weighted by molar-refractivity contribution is -0.122. The zero-order chi connectivity index (χ0) is 27.8. The maximum Gasteiger partial charge on any atom is 0.234 e. The molecular weight excluding hydrogens is 494 g/mol. The predicted octanol–water partition coefficient (Wildman–Crippen LogP) is 3.53. The van der Waals surface area contributed by atoms with Gasteiger partial charge in [0.05, 0.1) is 45.8 Å². The maximum atomic E-state index is 12.8. The summed E-state index contributed by atoms with van der Waals surface area (Å²) in [4.78, 5) is 17.3. The fourth-order valence-corrected chi connectivity index (χ4v) is 5.00. The van der Waals surface area contributed by atoms with Crippen LogP contribution in [-0.2, 0) is 24.3 Å². The van der Waals surface area contributed by atoms with Crippen molar-refractivity contribution in [2.45, 2.75) is 33.4 Å². The average Bonchev–Trinajstić information content (AvgIpc) is 3.35. The molecule has 0 atom stereocenters. The average molecular weight is 536 g/mol. The van der Waals surface area contributed by atoms with E-state index in [4.69, 9.17) is 19.3 Å². The van der Waals surface area contributed by atoms with Crippen molar-refractivity contribution in [1.82, 2.24) is 24.9 Å². The predicted molar refractivity (Wildman–Crippen MR) is 152 cm³/mol. The van der Waals surface area contributed by atoms with Crippen LogP contribution in [0.3, 0.4) is 0 Å². The Labute approximate surface area is 231 Å². The van der Waals surface area contributed by atoms with E-state index in [1.54, 1.807) is 21.3 Å². The van der Waals surface area contributed by atoms with Crippen LogP contribution in [0.5, 0.6) is 17.2 Å². The first-order valence-corrected chi connectivity index (χ1v) is 13.5. The maximum absolute atomic E-state index is 12.8. The SMILES string of the molecule is COc1ccc(CN2CCN(CC(=O)NCc3cc(CC(C)C)n(-c4ccccc4)n3)CC2)c(OC)c1OC. The molecule has 9 nitrogen and oxygen atoms in total. The summed E-state index contributed by atoms with van der Waals surface area (Å²) in [5, 5.41) is 7.86. The van der Waals surface area contributed by atoms with Gasteiger partial charge in [0.15, 0.2) is 11.5 Å². The molecule has 1 aromatic heterocycles. The number of carbonyl (C=O) groups excluding carboxylic acids is 1. The molecule has 1 aliphatic heterocycles. The molecule has 9 heteroatoms. The number of benzene rings is 2. The Morgan fingerprint density at radius 3 is 2.26 bits per heavy atom. The summed E-state index contributed by atoms with van der Waals surface area (Å²) in [5.41, 5.74) is 4.11. The van der Waals surface area contributed by atoms with Crippen LogP contribution >= 0.6 is 0 Å². The second-order valence-corrected chi connectivity index (χ2v) is 10.3. The highest BCUT2D eigenvalue weighted by molar-refractivity contribution is 5.78. The standard InChI is InChI=1S/C30H41N5O4/c1-22(2)17-26-18-24(32-35(26)25-9-7-6-8-10-25)19-31-28(36)21-34-15-13-33(14-16-34)20-23-11-12-27(37-3)30(39-5)29(23)38-4/h6-12,18,22H,13-17,19-21H2,1-5H3,(H,31,36). The summed E-state index contributed by atoms with van der Waals surface area (Å²) in [7, 11) is 4.88. The summed E-state index contributed by atoms with van der Waals surface area (Å²) in [6.45, 7) is 9.33. The minimum absolute atomic E-state index is 0.0182. The van der Waals surface area contributed by atoms with Crippen LogP contribution in [0, 0.1) is 5.92 Å². The van der Waals surface area contributed by atoms with Crippen LogP contribution in [0.2, 0.25) is 0 Å². The summed E-state index contributed by atoms with van der Waals surface area (Å²) >= 11 is 0. The van der Waals surface area contributed by atoms with E-state index in [0.29, 0.717) is 36.3 Å². The van der Waals surface area contributed by atoms with Gasteiger partial charge >= 0.3 is 0 Å². The molecule has 1 amide bonds. The van der Waals surface area contributed by atoms with Gasteiger partial charge < -0.3 is 19.5 Å². The van der Waals surface area contributed by atoms with E-state index < -0.39 is 0 Å². The molecule has 0 aliphatic carbocycles. The first kappa shape index (κ1) is 28.4. The van der Waals surface area contributed by atoms with Crippen LogP contribution < -0.4 is 19.5 Å². The molecule has 0 radical (unpaired) electrons. The third-order valence-electron chi connectivity index (χ3n) is 6.93. The highest BCUT2D eigenvalue weighted by Crippen LogP contribution is 2.40. The van der Waals surface area contributed by atoms with Crippen molar-refractivity contribution in [2.75, 3.05) is 54.1 Å². The first-order chi connectivity index (χ1) is 18.9. The van der Waals surface area contributed by atoms with Gasteiger partial charge in [-0.15, -0.1) is 0 Å². The molecule has 0 saturated carbocycles. The second kappa shape index (κ2) is 13.5. The van der Waals surface area contributed by atoms with E-state index in [1.807, 2.05) is 35.0 Å². The van der Waals surface area contributed by atoms with Crippen LogP contribution in [0.4, 0.5) is 0 Å². The molecule has 2 aromatic carbocycles. The number of aromatic nitrogens is 2. The van der Waals surface area contributed by atoms with Gasteiger partial charge in [0.2, 0.25) is 11.7 Å². The molecule has 3 aromatic rings. The molecule has 1 fully saturated rings. The van der Waals surface area contributed by atoms with E-state index in [1.165, 1.54) is 0 Å². The van der Waals surface area contributed by atoms with Crippen molar-refractivity contribution < 1.29 is 19.0 Å². The van der Waals surface area contributed by atoms with Crippen molar-refractivity contribution in [3.8, 4) is 22.9 Å². The lowest BCUT2D eigenvalue weighted by atomic mass is 10.1. The Balaban J connectivity index is 1.28. The number of hydrogen-bond acceptors (Lipinski definition) is 7. The molecular formula is C30H41N5O4. The Kier molecular flexibility index (Phi) is 9.84. The quantitative estimate of drug-likeness (QED) is 0.380. The second-order valence-electron chi connectivity index (χ2n) is 10.3. The third-order valence-corrected chi connectivity index (χ3v) is 6.93. The van der Waals surface area contributed by atoms with Gasteiger partial charge in [0.25, 0.3) is 0 Å². The van der Waals surface area contributed by atoms with Crippen molar-refractivity contribution in [3.63, 3.8) is 0 Å². The van der Waals surface area contributed by atoms with Gasteiger partial charge in [-0.05, 0) is 36.6 Å². The summed E-state index contributed by atoms with van der Waals surface area (Å²) in [6.07, 6.45) is 0.926. The monoisotopic (exact) mass is 535 g/mol. The number of nitrogens with zero attached hydrogens (tertiary/aromatic N) is 4. The molecule has 39 heavy (non-hydrogen) atoms. The molecule has 0 bridgehead atoms. The highest BCUT2D eigenvalue weighted by Gasteiger charge is 2.22. The summed E-state index contributed by atoms with van der Waals surface area (Å²) < 4.78 is 18.6. The topological polar surface area (TPSA) is 81.1 Å². The number of methoxy groups -OCH3 is 3. The first-order valence-electron chi connectivity index (χ1n) is 13.5. The van der Waals surface area contributed by atoms with Gasteiger partial charge in [0, 0.05) is 44.0 Å². The Morgan fingerprint density at radius 1 is 0.923 bits per heavy atom. The normalized spacial score (nSPS) is 14.4. The Morgan fingerprint density at radius 2 is 1.62 bits per heavy atom. The van der Waals surface area contributed by atoms with E-state index in [9.17, 15) is 4.79 Å². The zero-order valence-electron chi connectivity index (χ0n) is 23.8. The highest BCUT2D eigenvalue weighted by atomic mass is 16.5. The third kappa shape index (κ3) is 7.30. The molecule has 1 N–H and O–H groups in total. The number of ether oxygens (including phenoxy) is 3. The number of amides is 1. The van der Waals surface area contributed by atoms with Crippen LogP contribution in [0.1, 0.15) is 30.8 Å². The minimum Gasteiger partial charge on any atom is -0.493 e. The Bertz CT molecular complexity index is 1220. The zero-order valence-corrected chi connectivity index (χ0v) is 23.8. The van der Waals surface area contributed by atoms with Crippen LogP contribution in [0.25, 0.3) is 5.69 Å². The van der Waals surface area contributed by atoms with Crippen LogP contribution in [-0.4, -0.2) is 79.5 Å². The van der Waals surface area contributed by atoms with Gasteiger partial charge in [0.1, 0.15) is 0 Å². The van der Waals surface area contributed by atoms with E-state index in [0.717, 1.165) is 61.8 Å². The molecule has 0 spiro atoms. The van der Waals surface area contributed by atoms with Crippen molar-refractivity contribution in [2.24, 2.45) is 5.92 Å². The van der Waals surface area contributed by atoms with Gasteiger partial charge in [-0.1, -0.05) is 38.1 Å². The minimum atomic E-state index is 0.0182. The number of para-hydroxylation sites is 1. The molecule has 210 valence electrons. The summed E-state index contributed by atoms with van der Waals surface area (Å²) in [6, 6.07) is 16.2. The molecule has 1 saturated heterocycles. The number of rotatable bonds is 12. The van der Waals surface area contributed by atoms with Crippen molar-refractivity contribution in [3.05, 3.63) is 65.5 Å². The largest absolute Gasteiger partial charge is 0.493 e. The molecule has 2 heterocycles. The van der Waals surface area contributed by atoms with Gasteiger partial charge in [-0.3, -0.25) is 14.6 Å². The fraction of sp³-hybridized carbons (Fsp3) is 0.467. The van der Waals surface area contributed by atoms with E-state index in [-0.39, 0.29) is 5.91 Å². The summed E-state index contributed by atoms with van der Waals surface area (Å²) in [5.74, 6) is 2.49. The molecule has 0 unspecified atom stereocenters. The van der Waals surface area contributed by atoms with Gasteiger partial charge in [-0.2, -0.15) is 5.10 Å². The van der Waals surface area contributed by atoms with E-state index in [2.05, 4.69) is 47.2 Å². The van der Waals surface area contributed by atoms with Gasteiger partial charge in [-0.25, -0.2) is 4.68 Å².